The maximum Gasteiger partial charge on any atom is 0.287 e. The average molecular weight is 331 g/mol. The van der Waals surface area contributed by atoms with Crippen LogP contribution in [0, 0.1) is 0 Å². The minimum Gasteiger partial charge on any atom is -0.459 e. The number of nitrogens with one attached hydrogen (secondary N) is 3. The number of amides is 2. The van der Waals surface area contributed by atoms with Crippen LogP contribution in [-0.4, -0.2) is 47.8 Å². The van der Waals surface area contributed by atoms with Gasteiger partial charge in [0.15, 0.2) is 5.76 Å². The SMILES string of the molecule is O=C(NCCNC(=O)C1(n2cccn2)CCNCC1)c1ccco1. The number of aromatic nitrogens is 2. The molecule has 0 aliphatic carbocycles. The fraction of sp³-hybridized carbons (Fsp3) is 0.438. The molecule has 0 unspecified atom stereocenters. The van der Waals surface area contributed by atoms with Gasteiger partial charge in [0.25, 0.3) is 5.91 Å². The molecular formula is C16H21N5O3. The number of carbonyl (C=O) groups is 2. The van der Waals surface area contributed by atoms with Crippen molar-refractivity contribution in [2.24, 2.45) is 0 Å². The number of rotatable bonds is 6. The zero-order valence-corrected chi connectivity index (χ0v) is 13.3. The minimum atomic E-state index is -0.667. The summed E-state index contributed by atoms with van der Waals surface area (Å²) in [6, 6.07) is 5.07. The Labute approximate surface area is 139 Å². The fourth-order valence-electron chi connectivity index (χ4n) is 2.93. The molecule has 3 heterocycles. The van der Waals surface area contributed by atoms with E-state index >= 15 is 0 Å². The van der Waals surface area contributed by atoms with Crippen LogP contribution in [0.4, 0.5) is 0 Å². The highest BCUT2D eigenvalue weighted by atomic mass is 16.3. The molecule has 3 N–H and O–H groups in total. The predicted octanol–water partition coefficient (Wildman–Crippen LogP) is 0.101. The Balaban J connectivity index is 1.54. The monoisotopic (exact) mass is 331 g/mol. The van der Waals surface area contributed by atoms with Crippen molar-refractivity contribution in [1.29, 1.82) is 0 Å². The van der Waals surface area contributed by atoms with Gasteiger partial charge in [0.2, 0.25) is 5.91 Å². The molecule has 0 radical (unpaired) electrons. The molecule has 0 atom stereocenters. The van der Waals surface area contributed by atoms with Crippen LogP contribution >= 0.6 is 0 Å². The summed E-state index contributed by atoms with van der Waals surface area (Å²) in [6.45, 7) is 2.21. The van der Waals surface area contributed by atoms with Crippen LogP contribution in [0.3, 0.4) is 0 Å². The molecule has 1 aliphatic heterocycles. The van der Waals surface area contributed by atoms with Crippen molar-refractivity contribution in [1.82, 2.24) is 25.7 Å². The molecule has 24 heavy (non-hydrogen) atoms. The summed E-state index contributed by atoms with van der Waals surface area (Å²) < 4.78 is 6.76. The largest absolute Gasteiger partial charge is 0.459 e. The lowest BCUT2D eigenvalue weighted by atomic mass is 9.87. The van der Waals surface area contributed by atoms with E-state index in [9.17, 15) is 9.59 Å². The first kappa shape index (κ1) is 16.3. The Kier molecular flexibility index (Phi) is 4.95. The molecule has 0 spiro atoms. The summed E-state index contributed by atoms with van der Waals surface area (Å²) in [5, 5.41) is 13.2. The van der Waals surface area contributed by atoms with Gasteiger partial charge in [-0.05, 0) is 44.1 Å². The maximum absolute atomic E-state index is 12.8. The zero-order valence-electron chi connectivity index (χ0n) is 13.3. The molecule has 8 heteroatoms. The van der Waals surface area contributed by atoms with E-state index in [4.69, 9.17) is 4.42 Å². The Morgan fingerprint density at radius 1 is 1.25 bits per heavy atom. The number of nitrogens with zero attached hydrogens (tertiary/aromatic N) is 2. The van der Waals surface area contributed by atoms with E-state index in [2.05, 4.69) is 21.0 Å². The number of hydrogen-bond acceptors (Lipinski definition) is 5. The van der Waals surface area contributed by atoms with Gasteiger partial charge in [0.1, 0.15) is 5.54 Å². The Morgan fingerprint density at radius 2 is 2.04 bits per heavy atom. The lowest BCUT2D eigenvalue weighted by molar-refractivity contribution is -0.131. The molecule has 1 fully saturated rings. The van der Waals surface area contributed by atoms with Crippen LogP contribution < -0.4 is 16.0 Å². The van der Waals surface area contributed by atoms with Gasteiger partial charge < -0.3 is 20.4 Å². The summed E-state index contributed by atoms with van der Waals surface area (Å²) in [7, 11) is 0. The number of furan rings is 1. The van der Waals surface area contributed by atoms with E-state index in [0.29, 0.717) is 25.9 Å². The van der Waals surface area contributed by atoms with Gasteiger partial charge >= 0.3 is 0 Å². The van der Waals surface area contributed by atoms with Crippen LogP contribution in [0.2, 0.25) is 0 Å². The van der Waals surface area contributed by atoms with Gasteiger partial charge in [-0.1, -0.05) is 0 Å². The van der Waals surface area contributed by atoms with Crippen LogP contribution in [-0.2, 0) is 10.3 Å². The molecule has 0 aromatic carbocycles. The number of piperidine rings is 1. The summed E-state index contributed by atoms with van der Waals surface area (Å²) in [5.74, 6) is -0.106. The van der Waals surface area contributed by atoms with E-state index in [1.165, 1.54) is 6.26 Å². The molecule has 1 saturated heterocycles. The topological polar surface area (TPSA) is 101 Å². The van der Waals surface area contributed by atoms with Crippen molar-refractivity contribution in [3.8, 4) is 0 Å². The highest BCUT2D eigenvalue weighted by Gasteiger charge is 2.41. The second-order valence-corrected chi connectivity index (χ2v) is 5.72. The van der Waals surface area contributed by atoms with Crippen molar-refractivity contribution >= 4 is 11.8 Å². The van der Waals surface area contributed by atoms with Gasteiger partial charge in [-0.3, -0.25) is 14.3 Å². The van der Waals surface area contributed by atoms with Gasteiger partial charge in [-0.25, -0.2) is 0 Å². The fourth-order valence-corrected chi connectivity index (χ4v) is 2.93. The lowest BCUT2D eigenvalue weighted by Gasteiger charge is -2.36. The first-order valence-corrected chi connectivity index (χ1v) is 8.03. The summed E-state index contributed by atoms with van der Waals surface area (Å²) in [4.78, 5) is 24.5. The van der Waals surface area contributed by atoms with Crippen molar-refractivity contribution < 1.29 is 14.0 Å². The zero-order chi connectivity index (χ0) is 16.8. The molecule has 0 saturated carbocycles. The van der Waals surface area contributed by atoms with E-state index < -0.39 is 5.54 Å². The minimum absolute atomic E-state index is 0.0695. The van der Waals surface area contributed by atoms with Crippen molar-refractivity contribution in [3.63, 3.8) is 0 Å². The maximum atomic E-state index is 12.8. The second kappa shape index (κ2) is 7.31. The summed E-state index contributed by atoms with van der Waals surface area (Å²) in [6.07, 6.45) is 6.31. The third-order valence-corrected chi connectivity index (χ3v) is 4.24. The predicted molar refractivity (Wildman–Crippen MR) is 86.4 cm³/mol. The molecule has 1 aliphatic rings. The average Bonchev–Trinajstić information content (AvgIpc) is 3.32. The molecule has 2 aromatic rings. The first-order chi connectivity index (χ1) is 11.7. The highest BCUT2D eigenvalue weighted by molar-refractivity contribution is 5.91. The Bertz CT molecular complexity index is 660. The van der Waals surface area contributed by atoms with Crippen molar-refractivity contribution in [2.45, 2.75) is 18.4 Å². The smallest absolute Gasteiger partial charge is 0.287 e. The van der Waals surface area contributed by atoms with E-state index in [0.717, 1.165) is 13.1 Å². The third kappa shape index (κ3) is 3.33. The molecule has 2 aromatic heterocycles. The van der Waals surface area contributed by atoms with Crippen LogP contribution in [0.25, 0.3) is 0 Å². The quantitative estimate of drug-likeness (QED) is 0.652. The second-order valence-electron chi connectivity index (χ2n) is 5.72. The normalized spacial score (nSPS) is 16.5. The van der Waals surface area contributed by atoms with Gasteiger partial charge in [0, 0.05) is 25.5 Å². The molecule has 8 nitrogen and oxygen atoms in total. The molecule has 0 bridgehead atoms. The molecular weight excluding hydrogens is 310 g/mol. The highest BCUT2D eigenvalue weighted by Crippen LogP contribution is 2.26. The van der Waals surface area contributed by atoms with E-state index in [-0.39, 0.29) is 17.6 Å². The van der Waals surface area contributed by atoms with Gasteiger partial charge in [0.05, 0.1) is 6.26 Å². The van der Waals surface area contributed by atoms with Gasteiger partial charge in [-0.2, -0.15) is 5.10 Å². The Hall–Kier alpha value is -2.61. The number of carbonyl (C=O) groups excluding carboxylic acids is 2. The Morgan fingerprint density at radius 3 is 2.71 bits per heavy atom. The van der Waals surface area contributed by atoms with Crippen LogP contribution in [0.1, 0.15) is 23.4 Å². The molecule has 2 amide bonds. The first-order valence-electron chi connectivity index (χ1n) is 8.03. The van der Waals surface area contributed by atoms with E-state index in [1.54, 1.807) is 23.0 Å². The number of hydrogen-bond donors (Lipinski definition) is 3. The third-order valence-electron chi connectivity index (χ3n) is 4.24. The van der Waals surface area contributed by atoms with Crippen LogP contribution in [0.15, 0.2) is 41.3 Å². The standard InChI is InChI=1S/C16H21N5O3/c22-14(13-3-1-12-24-13)18-9-10-19-15(23)16(4-7-17-8-5-16)21-11-2-6-20-21/h1-3,6,11-12,17H,4-5,7-10H2,(H,18,22)(H,19,23). The van der Waals surface area contributed by atoms with Crippen molar-refractivity contribution in [2.75, 3.05) is 26.2 Å². The van der Waals surface area contributed by atoms with Gasteiger partial charge in [-0.15, -0.1) is 0 Å². The summed E-state index contributed by atoms with van der Waals surface area (Å²) in [5.41, 5.74) is -0.667. The van der Waals surface area contributed by atoms with Crippen molar-refractivity contribution in [3.05, 3.63) is 42.6 Å². The molecule has 3 rings (SSSR count). The van der Waals surface area contributed by atoms with Crippen LogP contribution in [0.5, 0.6) is 0 Å². The summed E-state index contributed by atoms with van der Waals surface area (Å²) >= 11 is 0. The lowest BCUT2D eigenvalue weighted by Crippen LogP contribution is -2.55. The molecule has 128 valence electrons. The van der Waals surface area contributed by atoms with E-state index in [1.807, 2.05) is 12.3 Å².